The number of rotatable bonds is 9. The van der Waals surface area contributed by atoms with Crippen molar-refractivity contribution >= 4 is 29.2 Å². The topological polar surface area (TPSA) is 101 Å². The number of amides is 3. The summed E-state index contributed by atoms with van der Waals surface area (Å²) in [7, 11) is 0. The number of nitrogens with zero attached hydrogens (tertiary/aromatic N) is 2. The van der Waals surface area contributed by atoms with Gasteiger partial charge in [0.15, 0.2) is 0 Å². The Morgan fingerprint density at radius 1 is 1.16 bits per heavy atom. The predicted molar refractivity (Wildman–Crippen MR) is 120 cm³/mol. The average Bonchev–Trinajstić information content (AvgIpc) is 3.17. The van der Waals surface area contributed by atoms with Gasteiger partial charge in [-0.05, 0) is 51.0 Å². The van der Waals surface area contributed by atoms with Crippen LogP contribution in [0.5, 0.6) is 0 Å². The summed E-state index contributed by atoms with van der Waals surface area (Å²) in [5, 5.41) is 5.59. The molecule has 0 aliphatic rings. The lowest BCUT2D eigenvalue weighted by molar-refractivity contribution is -0.119. The van der Waals surface area contributed by atoms with Crippen molar-refractivity contribution in [2.45, 2.75) is 52.8 Å². The highest BCUT2D eigenvalue weighted by Crippen LogP contribution is 2.16. The van der Waals surface area contributed by atoms with Gasteiger partial charge < -0.3 is 20.3 Å². The van der Waals surface area contributed by atoms with E-state index in [1.54, 1.807) is 23.4 Å². The zero-order valence-electron chi connectivity index (χ0n) is 18.4. The number of pyridine rings is 1. The molecule has 0 saturated heterocycles. The largest absolute Gasteiger partial charge is 0.444 e. The van der Waals surface area contributed by atoms with Crippen molar-refractivity contribution < 1.29 is 19.1 Å². The van der Waals surface area contributed by atoms with Crippen LogP contribution in [-0.4, -0.2) is 46.5 Å². The zero-order chi connectivity index (χ0) is 22.9. The van der Waals surface area contributed by atoms with Crippen LogP contribution in [0.2, 0.25) is 0 Å². The molecule has 0 fully saturated rings. The third kappa shape index (κ3) is 9.17. The van der Waals surface area contributed by atoms with E-state index in [0.29, 0.717) is 37.5 Å². The highest BCUT2D eigenvalue weighted by atomic mass is 32.1. The SMILES string of the molecule is CC(=O)NCc1ccc(C(=O)NCCCN(Cc2cccnc2)C(=O)OC(C)(C)C)s1. The van der Waals surface area contributed by atoms with E-state index in [0.717, 1.165) is 10.4 Å². The predicted octanol–water partition coefficient (Wildman–Crippen LogP) is 3.34. The molecule has 0 aliphatic heterocycles. The molecule has 2 rings (SSSR count). The standard InChI is InChI=1S/C22H30N4O4S/c1-16(27)25-14-18-8-9-19(31-18)20(28)24-11-6-12-26(21(29)30-22(2,3)4)15-17-7-5-10-23-13-17/h5,7-10,13H,6,11-12,14-15H2,1-4H3,(H,24,28)(H,25,27). The van der Waals surface area contributed by atoms with Crippen LogP contribution in [0.15, 0.2) is 36.7 Å². The average molecular weight is 447 g/mol. The number of hydrogen-bond acceptors (Lipinski definition) is 6. The first-order valence-corrected chi connectivity index (χ1v) is 10.9. The van der Waals surface area contributed by atoms with Gasteiger partial charge in [0.1, 0.15) is 5.60 Å². The van der Waals surface area contributed by atoms with E-state index in [9.17, 15) is 14.4 Å². The van der Waals surface area contributed by atoms with Crippen molar-refractivity contribution in [1.82, 2.24) is 20.5 Å². The van der Waals surface area contributed by atoms with E-state index in [1.165, 1.54) is 18.3 Å². The van der Waals surface area contributed by atoms with E-state index in [4.69, 9.17) is 4.74 Å². The molecule has 2 aromatic rings. The van der Waals surface area contributed by atoms with Crippen LogP contribution in [-0.2, 0) is 22.6 Å². The van der Waals surface area contributed by atoms with Crippen LogP contribution < -0.4 is 10.6 Å². The molecule has 0 radical (unpaired) electrons. The first-order valence-electron chi connectivity index (χ1n) is 10.1. The second kappa shape index (κ2) is 11.5. The molecule has 2 heterocycles. The number of hydrogen-bond donors (Lipinski definition) is 2. The highest BCUT2D eigenvalue weighted by Gasteiger charge is 2.22. The van der Waals surface area contributed by atoms with Gasteiger partial charge in [-0.25, -0.2) is 4.79 Å². The Balaban J connectivity index is 1.86. The third-order valence-corrected chi connectivity index (χ3v) is 5.12. The maximum Gasteiger partial charge on any atom is 0.410 e. The van der Waals surface area contributed by atoms with Crippen LogP contribution in [0.4, 0.5) is 4.79 Å². The van der Waals surface area contributed by atoms with E-state index in [2.05, 4.69) is 15.6 Å². The van der Waals surface area contributed by atoms with Crippen LogP contribution in [0, 0.1) is 0 Å². The monoisotopic (exact) mass is 446 g/mol. The van der Waals surface area contributed by atoms with Crippen molar-refractivity contribution in [3.63, 3.8) is 0 Å². The van der Waals surface area contributed by atoms with Gasteiger partial charge in [-0.1, -0.05) is 6.07 Å². The lowest BCUT2D eigenvalue weighted by Gasteiger charge is -2.27. The molecule has 0 atom stereocenters. The van der Waals surface area contributed by atoms with Crippen LogP contribution in [0.25, 0.3) is 0 Å². The maximum absolute atomic E-state index is 12.6. The molecule has 0 unspecified atom stereocenters. The first kappa shape index (κ1) is 24.3. The van der Waals surface area contributed by atoms with Gasteiger partial charge in [-0.2, -0.15) is 0 Å². The summed E-state index contributed by atoms with van der Waals surface area (Å²) in [6.07, 6.45) is 3.58. The molecular weight excluding hydrogens is 416 g/mol. The maximum atomic E-state index is 12.6. The number of carbonyl (C=O) groups is 3. The summed E-state index contributed by atoms with van der Waals surface area (Å²) in [6, 6.07) is 7.30. The molecule has 3 amide bonds. The fraction of sp³-hybridized carbons (Fsp3) is 0.455. The number of ether oxygens (including phenoxy) is 1. The Labute approximate surface area is 187 Å². The first-order chi connectivity index (χ1) is 14.6. The van der Waals surface area contributed by atoms with Crippen molar-refractivity contribution in [2.75, 3.05) is 13.1 Å². The minimum Gasteiger partial charge on any atom is -0.444 e. The van der Waals surface area contributed by atoms with Crippen molar-refractivity contribution in [1.29, 1.82) is 0 Å². The summed E-state index contributed by atoms with van der Waals surface area (Å²) in [4.78, 5) is 43.1. The molecule has 31 heavy (non-hydrogen) atoms. The Kier molecular flexibility index (Phi) is 8.99. The number of aromatic nitrogens is 1. The van der Waals surface area contributed by atoms with Crippen molar-refractivity contribution in [3.05, 3.63) is 52.0 Å². The summed E-state index contributed by atoms with van der Waals surface area (Å²) >= 11 is 1.34. The van der Waals surface area contributed by atoms with E-state index < -0.39 is 11.7 Å². The summed E-state index contributed by atoms with van der Waals surface area (Å²) < 4.78 is 5.51. The molecule has 0 aliphatic carbocycles. The highest BCUT2D eigenvalue weighted by molar-refractivity contribution is 7.14. The second-order valence-electron chi connectivity index (χ2n) is 8.05. The molecule has 2 N–H and O–H groups in total. The smallest absolute Gasteiger partial charge is 0.410 e. The number of carbonyl (C=O) groups excluding carboxylic acids is 3. The lowest BCUT2D eigenvalue weighted by atomic mass is 10.2. The number of thiophene rings is 1. The van der Waals surface area contributed by atoms with Gasteiger partial charge in [-0.15, -0.1) is 11.3 Å². The Bertz CT molecular complexity index is 877. The number of nitrogens with one attached hydrogen (secondary N) is 2. The molecule has 9 heteroatoms. The van der Waals surface area contributed by atoms with Crippen molar-refractivity contribution in [3.8, 4) is 0 Å². The second-order valence-corrected chi connectivity index (χ2v) is 9.22. The molecule has 0 aromatic carbocycles. The van der Waals surface area contributed by atoms with Gasteiger partial charge in [0, 0.05) is 37.3 Å². The zero-order valence-corrected chi connectivity index (χ0v) is 19.3. The summed E-state index contributed by atoms with van der Waals surface area (Å²) in [5.74, 6) is -0.282. The van der Waals surface area contributed by atoms with E-state index >= 15 is 0 Å². The molecule has 2 aromatic heterocycles. The van der Waals surface area contributed by atoms with E-state index in [1.807, 2.05) is 39.0 Å². The molecule has 0 saturated carbocycles. The van der Waals surface area contributed by atoms with Crippen LogP contribution in [0.3, 0.4) is 0 Å². The normalized spacial score (nSPS) is 11.0. The van der Waals surface area contributed by atoms with Gasteiger partial charge in [0.25, 0.3) is 5.91 Å². The van der Waals surface area contributed by atoms with Gasteiger partial charge in [0.2, 0.25) is 5.91 Å². The Morgan fingerprint density at radius 3 is 2.58 bits per heavy atom. The minimum atomic E-state index is -0.591. The van der Waals surface area contributed by atoms with E-state index in [-0.39, 0.29) is 11.8 Å². The van der Waals surface area contributed by atoms with Crippen LogP contribution in [0.1, 0.15) is 54.2 Å². The molecule has 0 bridgehead atoms. The lowest BCUT2D eigenvalue weighted by Crippen LogP contribution is -2.38. The Hall–Kier alpha value is -2.94. The fourth-order valence-electron chi connectivity index (χ4n) is 2.64. The van der Waals surface area contributed by atoms with Crippen LogP contribution >= 0.6 is 11.3 Å². The molecule has 8 nitrogen and oxygen atoms in total. The molecule has 168 valence electrons. The summed E-state index contributed by atoms with van der Waals surface area (Å²) in [6.45, 7) is 8.58. The van der Waals surface area contributed by atoms with Gasteiger partial charge in [0.05, 0.1) is 18.0 Å². The molecule has 0 spiro atoms. The quantitative estimate of drug-likeness (QED) is 0.576. The van der Waals surface area contributed by atoms with Gasteiger partial charge in [-0.3, -0.25) is 14.6 Å². The van der Waals surface area contributed by atoms with Gasteiger partial charge >= 0.3 is 6.09 Å². The Morgan fingerprint density at radius 2 is 1.94 bits per heavy atom. The third-order valence-electron chi connectivity index (χ3n) is 4.04. The van der Waals surface area contributed by atoms with Crippen molar-refractivity contribution in [2.24, 2.45) is 0 Å². The fourth-order valence-corrected chi connectivity index (χ4v) is 3.50. The molecular formula is C22H30N4O4S. The minimum absolute atomic E-state index is 0.111. The summed E-state index contributed by atoms with van der Waals surface area (Å²) in [5.41, 5.74) is 0.315.